The first-order valence-corrected chi connectivity index (χ1v) is 6.72. The Morgan fingerprint density at radius 2 is 1.60 bits per heavy atom. The number of carboxylic acids is 1. The van der Waals surface area contributed by atoms with E-state index in [-0.39, 0.29) is 0 Å². The molecule has 0 aliphatic heterocycles. The zero-order valence-electron chi connectivity index (χ0n) is 11.6. The number of alkyl halides is 3. The van der Waals surface area contributed by atoms with E-state index in [0.29, 0.717) is 25.7 Å². The highest BCUT2D eigenvalue weighted by Gasteiger charge is 2.38. The molecule has 0 heterocycles. The van der Waals surface area contributed by atoms with Crippen LogP contribution in [-0.2, 0) is 9.59 Å². The van der Waals surface area contributed by atoms with Gasteiger partial charge in [0.05, 0.1) is 5.92 Å². The van der Waals surface area contributed by atoms with E-state index in [1.165, 1.54) is 0 Å². The molecule has 1 fully saturated rings. The van der Waals surface area contributed by atoms with Crippen molar-refractivity contribution >= 4 is 11.9 Å². The molecular weight excluding hydrogens is 275 g/mol. The fourth-order valence-corrected chi connectivity index (χ4v) is 2.53. The number of halogens is 3. The second-order valence-corrected chi connectivity index (χ2v) is 5.56. The average Bonchev–Trinajstić information content (AvgIpc) is 2.34. The molecule has 7 heteroatoms. The summed E-state index contributed by atoms with van der Waals surface area (Å²) >= 11 is 0. The van der Waals surface area contributed by atoms with Gasteiger partial charge in [0.25, 0.3) is 0 Å². The molecule has 0 aromatic heterocycles. The van der Waals surface area contributed by atoms with Gasteiger partial charge in [-0.3, -0.25) is 9.59 Å². The van der Waals surface area contributed by atoms with Gasteiger partial charge in [0.1, 0.15) is 6.54 Å². The van der Waals surface area contributed by atoms with Crippen LogP contribution in [0.15, 0.2) is 0 Å². The molecule has 0 spiro atoms. The van der Waals surface area contributed by atoms with Crippen molar-refractivity contribution in [2.24, 2.45) is 11.8 Å². The number of carbonyl (C=O) groups is 2. The monoisotopic (exact) mass is 295 g/mol. The van der Waals surface area contributed by atoms with Gasteiger partial charge in [-0.15, -0.1) is 0 Å². The van der Waals surface area contributed by atoms with Gasteiger partial charge in [-0.1, -0.05) is 0 Å². The molecule has 4 nitrogen and oxygen atoms in total. The second-order valence-electron chi connectivity index (χ2n) is 5.56. The number of carboxylic acid groups (broad SMARTS) is 1. The van der Waals surface area contributed by atoms with Crippen molar-refractivity contribution in [3.63, 3.8) is 0 Å². The Bertz CT molecular complexity index is 360. The van der Waals surface area contributed by atoms with Crippen molar-refractivity contribution in [1.29, 1.82) is 0 Å². The summed E-state index contributed by atoms with van der Waals surface area (Å²) in [5.74, 6) is -2.38. The van der Waals surface area contributed by atoms with E-state index in [4.69, 9.17) is 5.11 Å². The van der Waals surface area contributed by atoms with E-state index in [0.717, 1.165) is 4.90 Å². The first-order chi connectivity index (χ1) is 9.11. The van der Waals surface area contributed by atoms with Gasteiger partial charge in [-0.2, -0.15) is 13.2 Å². The van der Waals surface area contributed by atoms with Crippen molar-refractivity contribution < 1.29 is 27.9 Å². The summed E-state index contributed by atoms with van der Waals surface area (Å²) in [6, 6.07) is -0.527. The highest BCUT2D eigenvalue weighted by atomic mass is 19.4. The molecule has 1 aliphatic carbocycles. The zero-order valence-corrected chi connectivity index (χ0v) is 11.6. The van der Waals surface area contributed by atoms with E-state index >= 15 is 0 Å². The molecule has 0 atom stereocenters. The Kier molecular flexibility index (Phi) is 5.42. The van der Waals surface area contributed by atoms with Crippen LogP contribution in [0.2, 0.25) is 0 Å². The van der Waals surface area contributed by atoms with Crippen LogP contribution in [-0.4, -0.2) is 40.6 Å². The normalized spacial score (nSPS) is 23.7. The van der Waals surface area contributed by atoms with Crippen molar-refractivity contribution in [2.75, 3.05) is 6.54 Å². The number of nitrogens with zero attached hydrogens (tertiary/aromatic N) is 1. The molecule has 0 bridgehead atoms. The molecule has 0 unspecified atom stereocenters. The van der Waals surface area contributed by atoms with Crippen molar-refractivity contribution in [1.82, 2.24) is 4.90 Å². The van der Waals surface area contributed by atoms with Crippen LogP contribution in [0.3, 0.4) is 0 Å². The van der Waals surface area contributed by atoms with Crippen molar-refractivity contribution in [3.05, 3.63) is 0 Å². The van der Waals surface area contributed by atoms with Gasteiger partial charge < -0.3 is 10.0 Å². The summed E-state index contributed by atoms with van der Waals surface area (Å²) in [5.41, 5.74) is 0. The molecule has 0 aromatic carbocycles. The van der Waals surface area contributed by atoms with Crippen LogP contribution in [0.4, 0.5) is 13.2 Å². The predicted molar refractivity (Wildman–Crippen MR) is 66.0 cm³/mol. The highest BCUT2D eigenvalue weighted by molar-refractivity contribution is 5.79. The number of rotatable bonds is 4. The van der Waals surface area contributed by atoms with Gasteiger partial charge in [0, 0.05) is 12.0 Å². The van der Waals surface area contributed by atoms with E-state index in [1.807, 2.05) is 0 Å². The molecule has 1 saturated carbocycles. The molecular formula is C13H20F3NO3. The third kappa shape index (κ3) is 4.68. The quantitative estimate of drug-likeness (QED) is 0.867. The molecule has 116 valence electrons. The van der Waals surface area contributed by atoms with Gasteiger partial charge in [-0.05, 0) is 39.5 Å². The minimum absolute atomic E-state index is 0.344. The zero-order chi connectivity index (χ0) is 15.5. The maximum absolute atomic E-state index is 12.5. The number of hydrogen-bond acceptors (Lipinski definition) is 2. The topological polar surface area (TPSA) is 57.6 Å². The number of carbonyl (C=O) groups excluding carboxylic acids is 1. The molecule has 1 N–H and O–H groups in total. The van der Waals surface area contributed by atoms with Crippen LogP contribution in [0.25, 0.3) is 0 Å². The SMILES string of the molecule is CC(C)N(CC(F)(F)F)C(=O)C1CCC(C(=O)O)CC1. The molecule has 0 aromatic rings. The maximum Gasteiger partial charge on any atom is 0.406 e. The number of hydrogen-bond donors (Lipinski definition) is 1. The number of aliphatic carboxylic acids is 1. The molecule has 20 heavy (non-hydrogen) atoms. The lowest BCUT2D eigenvalue weighted by atomic mass is 9.81. The second kappa shape index (κ2) is 6.45. The molecule has 0 radical (unpaired) electrons. The lowest BCUT2D eigenvalue weighted by molar-refractivity contribution is -0.168. The summed E-state index contributed by atoms with van der Waals surface area (Å²) in [6.07, 6.45) is -3.03. The highest BCUT2D eigenvalue weighted by Crippen LogP contribution is 2.31. The van der Waals surface area contributed by atoms with Crippen LogP contribution in [0, 0.1) is 11.8 Å². The summed E-state index contributed by atoms with van der Waals surface area (Å²) < 4.78 is 37.5. The van der Waals surface area contributed by atoms with Crippen molar-refractivity contribution in [2.45, 2.75) is 51.7 Å². The Morgan fingerprint density at radius 1 is 1.15 bits per heavy atom. The Labute approximate surface area is 115 Å². The Balaban J connectivity index is 2.65. The van der Waals surface area contributed by atoms with E-state index in [9.17, 15) is 22.8 Å². The first kappa shape index (κ1) is 16.8. The predicted octanol–water partition coefficient (Wildman–Crippen LogP) is 2.68. The maximum atomic E-state index is 12.5. The summed E-state index contributed by atoms with van der Waals surface area (Å²) in [5, 5.41) is 8.87. The molecule has 1 amide bonds. The average molecular weight is 295 g/mol. The smallest absolute Gasteiger partial charge is 0.406 e. The Hall–Kier alpha value is -1.27. The summed E-state index contributed by atoms with van der Waals surface area (Å²) in [7, 11) is 0. The molecule has 0 saturated heterocycles. The largest absolute Gasteiger partial charge is 0.481 e. The minimum atomic E-state index is -4.42. The molecule has 1 aliphatic rings. The van der Waals surface area contributed by atoms with Crippen LogP contribution in [0.5, 0.6) is 0 Å². The Morgan fingerprint density at radius 3 is 1.95 bits per heavy atom. The first-order valence-electron chi connectivity index (χ1n) is 6.72. The van der Waals surface area contributed by atoms with E-state index in [2.05, 4.69) is 0 Å². The van der Waals surface area contributed by atoms with Crippen molar-refractivity contribution in [3.8, 4) is 0 Å². The third-order valence-electron chi connectivity index (χ3n) is 3.68. The fraction of sp³-hybridized carbons (Fsp3) is 0.846. The van der Waals surface area contributed by atoms with Gasteiger partial charge in [-0.25, -0.2) is 0 Å². The number of amides is 1. The third-order valence-corrected chi connectivity index (χ3v) is 3.68. The summed E-state index contributed by atoms with van der Waals surface area (Å²) in [6.45, 7) is 1.85. The minimum Gasteiger partial charge on any atom is -0.481 e. The van der Waals surface area contributed by atoms with E-state index in [1.54, 1.807) is 13.8 Å². The standard InChI is InChI=1S/C13H20F3NO3/c1-8(2)17(7-13(14,15)16)11(18)9-3-5-10(6-4-9)12(19)20/h8-10H,3-7H2,1-2H3,(H,19,20). The lowest BCUT2D eigenvalue weighted by Crippen LogP contribution is -2.46. The van der Waals surface area contributed by atoms with Crippen LogP contribution in [0.1, 0.15) is 39.5 Å². The summed E-state index contributed by atoms with van der Waals surface area (Å²) in [4.78, 5) is 23.8. The molecule has 1 rings (SSSR count). The van der Waals surface area contributed by atoms with Gasteiger partial charge in [0.2, 0.25) is 5.91 Å². The van der Waals surface area contributed by atoms with Gasteiger partial charge >= 0.3 is 12.1 Å². The lowest BCUT2D eigenvalue weighted by Gasteiger charge is -2.33. The van der Waals surface area contributed by atoms with Gasteiger partial charge in [0.15, 0.2) is 0 Å². The van der Waals surface area contributed by atoms with Crippen LogP contribution < -0.4 is 0 Å². The van der Waals surface area contributed by atoms with E-state index < -0.39 is 42.5 Å². The fourth-order valence-electron chi connectivity index (χ4n) is 2.53. The van der Waals surface area contributed by atoms with Crippen LogP contribution >= 0.6 is 0 Å².